The molecule has 1 unspecified atom stereocenters. The molecule has 6 heteroatoms. The van der Waals surface area contributed by atoms with Crippen LogP contribution < -0.4 is 5.32 Å². The van der Waals surface area contributed by atoms with Crippen LogP contribution in [0.5, 0.6) is 0 Å². The lowest BCUT2D eigenvalue weighted by atomic mass is 10.3. The molecule has 0 fully saturated rings. The molecular weight excluding hydrogens is 212 g/mol. The first-order valence-electron chi connectivity index (χ1n) is 4.67. The van der Waals surface area contributed by atoms with Gasteiger partial charge < -0.3 is 4.52 Å². The first-order valence-corrected chi connectivity index (χ1v) is 5.55. The van der Waals surface area contributed by atoms with E-state index in [1.54, 1.807) is 24.5 Å². The van der Waals surface area contributed by atoms with E-state index in [0.29, 0.717) is 18.3 Å². The highest BCUT2D eigenvalue weighted by atomic mass is 32.1. The highest BCUT2D eigenvalue weighted by Gasteiger charge is 2.09. The van der Waals surface area contributed by atoms with Crippen molar-refractivity contribution in [1.82, 2.24) is 20.4 Å². The molecule has 0 aromatic carbocycles. The lowest BCUT2D eigenvalue weighted by Gasteiger charge is -2.07. The number of rotatable bonds is 4. The maximum absolute atomic E-state index is 4.99. The second kappa shape index (κ2) is 4.50. The van der Waals surface area contributed by atoms with Gasteiger partial charge in [0.1, 0.15) is 5.01 Å². The topological polar surface area (TPSA) is 63.8 Å². The Morgan fingerprint density at radius 2 is 2.47 bits per heavy atom. The van der Waals surface area contributed by atoms with Crippen LogP contribution in [0.4, 0.5) is 0 Å². The molecule has 1 N–H and O–H groups in total. The summed E-state index contributed by atoms with van der Waals surface area (Å²) in [6.45, 7) is 4.43. The molecule has 2 heterocycles. The van der Waals surface area contributed by atoms with Gasteiger partial charge in [-0.25, -0.2) is 4.98 Å². The van der Waals surface area contributed by atoms with Crippen molar-refractivity contribution in [3.8, 4) is 0 Å². The number of nitrogens with one attached hydrogen (secondary N) is 1. The average Bonchev–Trinajstić information content (AvgIpc) is 2.84. The maximum Gasteiger partial charge on any atom is 0.240 e. The van der Waals surface area contributed by atoms with E-state index in [0.717, 1.165) is 5.01 Å². The number of hydrogen-bond acceptors (Lipinski definition) is 6. The fourth-order valence-corrected chi connectivity index (χ4v) is 1.86. The van der Waals surface area contributed by atoms with Crippen molar-refractivity contribution in [2.75, 3.05) is 0 Å². The summed E-state index contributed by atoms with van der Waals surface area (Å²) in [7, 11) is 0. The zero-order valence-electron chi connectivity index (χ0n) is 8.60. The second-order valence-corrected chi connectivity index (χ2v) is 4.13. The third kappa shape index (κ3) is 2.60. The minimum Gasteiger partial charge on any atom is -0.338 e. The summed E-state index contributed by atoms with van der Waals surface area (Å²) in [4.78, 5) is 8.33. The molecule has 0 bridgehead atoms. The van der Waals surface area contributed by atoms with E-state index in [-0.39, 0.29) is 6.04 Å². The summed E-state index contributed by atoms with van der Waals surface area (Å²) in [5, 5.41) is 10.0. The third-order valence-corrected chi connectivity index (χ3v) is 2.91. The molecule has 0 aliphatic heterocycles. The van der Waals surface area contributed by atoms with Crippen molar-refractivity contribution in [3.05, 3.63) is 28.3 Å². The Bertz CT molecular complexity index is 411. The highest BCUT2D eigenvalue weighted by molar-refractivity contribution is 7.09. The van der Waals surface area contributed by atoms with Gasteiger partial charge in [0, 0.05) is 11.6 Å². The van der Waals surface area contributed by atoms with Crippen LogP contribution in [0.25, 0.3) is 0 Å². The fraction of sp³-hybridized carbons (Fsp3) is 0.444. The molecule has 2 aromatic rings. The molecule has 0 aliphatic rings. The summed E-state index contributed by atoms with van der Waals surface area (Å²) in [6, 6.07) is 0.206. The van der Waals surface area contributed by atoms with Gasteiger partial charge in [-0.15, -0.1) is 11.3 Å². The standard InChI is InChI=1S/C9H12N4OS/c1-6(9-10-3-4-15-9)11-5-8-12-7(2)13-14-8/h3-4,6,11H,5H2,1-2H3. The van der Waals surface area contributed by atoms with Crippen molar-refractivity contribution in [1.29, 1.82) is 0 Å². The number of nitrogens with zero attached hydrogens (tertiary/aromatic N) is 3. The van der Waals surface area contributed by atoms with Crippen LogP contribution in [0, 0.1) is 6.92 Å². The molecule has 80 valence electrons. The quantitative estimate of drug-likeness (QED) is 0.856. The Kier molecular flexibility index (Phi) is 3.08. The van der Waals surface area contributed by atoms with E-state index >= 15 is 0 Å². The zero-order valence-corrected chi connectivity index (χ0v) is 9.41. The summed E-state index contributed by atoms with van der Waals surface area (Å²) < 4.78 is 4.99. The Balaban J connectivity index is 1.88. The monoisotopic (exact) mass is 224 g/mol. The molecule has 0 spiro atoms. The Labute approximate surface area is 91.5 Å². The van der Waals surface area contributed by atoms with E-state index in [4.69, 9.17) is 4.52 Å². The maximum atomic E-state index is 4.99. The van der Waals surface area contributed by atoms with Gasteiger partial charge in [-0.05, 0) is 13.8 Å². The average molecular weight is 224 g/mol. The van der Waals surface area contributed by atoms with E-state index < -0.39 is 0 Å². The van der Waals surface area contributed by atoms with Crippen LogP contribution in [-0.4, -0.2) is 15.1 Å². The molecule has 5 nitrogen and oxygen atoms in total. The first kappa shape index (κ1) is 10.3. The minimum absolute atomic E-state index is 0.206. The molecule has 0 amide bonds. The normalized spacial score (nSPS) is 12.9. The van der Waals surface area contributed by atoms with Gasteiger partial charge in [-0.3, -0.25) is 5.32 Å². The summed E-state index contributed by atoms with van der Waals surface area (Å²) in [5.41, 5.74) is 0. The van der Waals surface area contributed by atoms with Gasteiger partial charge in [0.05, 0.1) is 12.6 Å². The van der Waals surface area contributed by atoms with Gasteiger partial charge in [0.2, 0.25) is 5.89 Å². The van der Waals surface area contributed by atoms with Crippen molar-refractivity contribution in [3.63, 3.8) is 0 Å². The van der Waals surface area contributed by atoms with Gasteiger partial charge in [0.25, 0.3) is 0 Å². The molecule has 15 heavy (non-hydrogen) atoms. The van der Waals surface area contributed by atoms with Crippen molar-refractivity contribution < 1.29 is 4.52 Å². The Morgan fingerprint density at radius 3 is 3.07 bits per heavy atom. The third-order valence-electron chi connectivity index (χ3n) is 1.95. The molecule has 1 atom stereocenters. The number of aryl methyl sites for hydroxylation is 1. The van der Waals surface area contributed by atoms with Gasteiger partial charge in [-0.1, -0.05) is 5.16 Å². The predicted molar refractivity (Wildman–Crippen MR) is 56.4 cm³/mol. The molecule has 0 aliphatic carbocycles. The lowest BCUT2D eigenvalue weighted by Crippen LogP contribution is -2.18. The van der Waals surface area contributed by atoms with Crippen LogP contribution in [0.15, 0.2) is 16.1 Å². The molecule has 0 radical (unpaired) electrons. The van der Waals surface area contributed by atoms with Gasteiger partial charge in [-0.2, -0.15) is 4.98 Å². The Hall–Kier alpha value is -1.27. The summed E-state index contributed by atoms with van der Waals surface area (Å²) >= 11 is 1.63. The predicted octanol–water partition coefficient (Wildman–Crippen LogP) is 1.69. The first-order chi connectivity index (χ1) is 7.25. The van der Waals surface area contributed by atoms with Crippen LogP contribution >= 0.6 is 11.3 Å². The van der Waals surface area contributed by atoms with Crippen molar-refractivity contribution in [2.45, 2.75) is 26.4 Å². The minimum atomic E-state index is 0.206. The van der Waals surface area contributed by atoms with Crippen LogP contribution in [0.2, 0.25) is 0 Å². The number of hydrogen-bond donors (Lipinski definition) is 1. The lowest BCUT2D eigenvalue weighted by molar-refractivity contribution is 0.357. The smallest absolute Gasteiger partial charge is 0.240 e. The van der Waals surface area contributed by atoms with Gasteiger partial charge in [0.15, 0.2) is 5.82 Å². The molecular formula is C9H12N4OS. The summed E-state index contributed by atoms with van der Waals surface area (Å²) in [6.07, 6.45) is 1.80. The SMILES string of the molecule is Cc1noc(CNC(C)c2nccs2)n1. The zero-order chi connectivity index (χ0) is 10.7. The molecule has 0 saturated carbocycles. The molecule has 0 saturated heterocycles. The number of thiazole rings is 1. The Morgan fingerprint density at radius 1 is 1.60 bits per heavy atom. The van der Waals surface area contributed by atoms with Crippen molar-refractivity contribution >= 4 is 11.3 Å². The summed E-state index contributed by atoms with van der Waals surface area (Å²) in [5.74, 6) is 1.27. The highest BCUT2D eigenvalue weighted by Crippen LogP contribution is 2.14. The van der Waals surface area contributed by atoms with E-state index in [2.05, 4.69) is 27.4 Å². The second-order valence-electron chi connectivity index (χ2n) is 3.21. The van der Waals surface area contributed by atoms with Gasteiger partial charge >= 0.3 is 0 Å². The van der Waals surface area contributed by atoms with E-state index in [1.165, 1.54) is 0 Å². The van der Waals surface area contributed by atoms with Crippen LogP contribution in [0.1, 0.15) is 29.7 Å². The number of aromatic nitrogens is 3. The van der Waals surface area contributed by atoms with E-state index in [9.17, 15) is 0 Å². The fourth-order valence-electron chi connectivity index (χ4n) is 1.19. The van der Waals surface area contributed by atoms with Crippen LogP contribution in [-0.2, 0) is 6.54 Å². The molecule has 2 rings (SSSR count). The van der Waals surface area contributed by atoms with Crippen LogP contribution in [0.3, 0.4) is 0 Å². The largest absolute Gasteiger partial charge is 0.338 e. The van der Waals surface area contributed by atoms with Crippen molar-refractivity contribution in [2.24, 2.45) is 0 Å². The van der Waals surface area contributed by atoms with E-state index in [1.807, 2.05) is 5.38 Å². The molecule has 2 aromatic heterocycles.